The zero-order valence-electron chi connectivity index (χ0n) is 11.6. The summed E-state index contributed by atoms with van der Waals surface area (Å²) in [5.74, 6) is 6.09. The Morgan fingerprint density at radius 3 is 2.89 bits per heavy atom. The molecule has 1 N–H and O–H groups in total. The van der Waals surface area contributed by atoms with Gasteiger partial charge < -0.3 is 5.32 Å². The van der Waals surface area contributed by atoms with Crippen molar-refractivity contribution in [2.24, 2.45) is 0 Å². The minimum absolute atomic E-state index is 0.275. The van der Waals surface area contributed by atoms with Gasteiger partial charge in [-0.3, -0.25) is 4.98 Å². The molecule has 98 valence electrons. The number of aromatic nitrogens is 1. The van der Waals surface area contributed by atoms with E-state index in [1.54, 1.807) is 0 Å². The van der Waals surface area contributed by atoms with Crippen molar-refractivity contribution in [2.75, 3.05) is 6.54 Å². The van der Waals surface area contributed by atoms with Gasteiger partial charge in [-0.05, 0) is 31.3 Å². The molecule has 19 heavy (non-hydrogen) atoms. The second-order valence-corrected chi connectivity index (χ2v) is 4.49. The third-order valence-corrected chi connectivity index (χ3v) is 3.22. The fourth-order valence-corrected chi connectivity index (χ4v) is 2.34. The van der Waals surface area contributed by atoms with Gasteiger partial charge >= 0.3 is 0 Å². The van der Waals surface area contributed by atoms with E-state index < -0.39 is 0 Å². The third kappa shape index (κ3) is 3.33. The molecule has 0 amide bonds. The lowest BCUT2D eigenvalue weighted by Crippen LogP contribution is -2.22. The maximum absolute atomic E-state index is 4.59. The molecular formula is C17H20N2. The Balaban J connectivity index is 2.34. The van der Waals surface area contributed by atoms with Crippen molar-refractivity contribution in [2.45, 2.75) is 32.7 Å². The van der Waals surface area contributed by atoms with Crippen LogP contribution in [0.4, 0.5) is 0 Å². The molecule has 0 saturated carbocycles. The van der Waals surface area contributed by atoms with Crippen LogP contribution in [0.5, 0.6) is 0 Å². The summed E-state index contributed by atoms with van der Waals surface area (Å²) in [7, 11) is 0. The molecule has 1 aromatic heterocycles. The van der Waals surface area contributed by atoms with Crippen molar-refractivity contribution in [1.29, 1.82) is 0 Å². The molecule has 1 heterocycles. The van der Waals surface area contributed by atoms with E-state index in [0.29, 0.717) is 0 Å². The number of hydrogen-bond acceptors (Lipinski definition) is 2. The first kappa shape index (κ1) is 13.6. The van der Waals surface area contributed by atoms with Gasteiger partial charge in [-0.1, -0.05) is 31.2 Å². The first-order valence-corrected chi connectivity index (χ1v) is 6.83. The van der Waals surface area contributed by atoms with E-state index in [1.165, 1.54) is 10.8 Å². The molecule has 0 fully saturated rings. The van der Waals surface area contributed by atoms with Crippen LogP contribution < -0.4 is 5.32 Å². The van der Waals surface area contributed by atoms with E-state index in [-0.39, 0.29) is 6.04 Å². The summed E-state index contributed by atoms with van der Waals surface area (Å²) in [5.41, 5.74) is 1.14. The number of nitrogens with zero attached hydrogens (tertiary/aromatic N) is 1. The van der Waals surface area contributed by atoms with Crippen LogP contribution in [0.2, 0.25) is 0 Å². The molecule has 0 spiro atoms. The normalized spacial score (nSPS) is 11.9. The first-order valence-electron chi connectivity index (χ1n) is 6.83. The third-order valence-electron chi connectivity index (χ3n) is 3.22. The van der Waals surface area contributed by atoms with Gasteiger partial charge in [0.25, 0.3) is 0 Å². The second-order valence-electron chi connectivity index (χ2n) is 4.49. The van der Waals surface area contributed by atoms with Gasteiger partial charge in [-0.15, -0.1) is 11.8 Å². The van der Waals surface area contributed by atoms with Crippen LogP contribution in [0.3, 0.4) is 0 Å². The average Bonchev–Trinajstić information content (AvgIpc) is 2.46. The first-order chi connectivity index (χ1) is 9.36. The molecule has 0 radical (unpaired) electrons. The Bertz CT molecular complexity index is 587. The standard InChI is InChI=1S/C17H20N2/c1-3-5-6-11-16(18-4-2)17-15-10-8-7-9-14(15)12-13-19-17/h7-10,12-13,16,18H,4,6,11H2,1-2H3. The van der Waals surface area contributed by atoms with Crippen molar-refractivity contribution in [3.63, 3.8) is 0 Å². The molecule has 0 bridgehead atoms. The quantitative estimate of drug-likeness (QED) is 0.821. The van der Waals surface area contributed by atoms with E-state index in [4.69, 9.17) is 0 Å². The molecule has 2 aromatic rings. The van der Waals surface area contributed by atoms with Crippen LogP contribution in [0, 0.1) is 11.8 Å². The number of rotatable bonds is 5. The van der Waals surface area contributed by atoms with Gasteiger partial charge in [0.15, 0.2) is 0 Å². The topological polar surface area (TPSA) is 24.9 Å². The summed E-state index contributed by atoms with van der Waals surface area (Å²) in [4.78, 5) is 4.59. The van der Waals surface area contributed by atoms with Crippen molar-refractivity contribution in [3.8, 4) is 11.8 Å². The molecule has 0 saturated heterocycles. The summed E-state index contributed by atoms with van der Waals surface area (Å²) in [6, 6.07) is 10.8. The van der Waals surface area contributed by atoms with Crippen LogP contribution in [-0.2, 0) is 0 Å². The molecule has 1 atom stereocenters. The van der Waals surface area contributed by atoms with Gasteiger partial charge in [0, 0.05) is 18.0 Å². The zero-order chi connectivity index (χ0) is 13.5. The van der Waals surface area contributed by atoms with Crippen LogP contribution in [0.1, 0.15) is 38.4 Å². The molecule has 2 nitrogen and oxygen atoms in total. The number of fused-ring (bicyclic) bond motifs is 1. The summed E-state index contributed by atoms with van der Waals surface area (Å²) in [6.07, 6.45) is 3.79. The number of benzene rings is 1. The number of pyridine rings is 1. The maximum atomic E-state index is 4.59. The Morgan fingerprint density at radius 1 is 1.26 bits per heavy atom. The molecule has 1 unspecified atom stereocenters. The van der Waals surface area contributed by atoms with E-state index in [0.717, 1.165) is 25.1 Å². The summed E-state index contributed by atoms with van der Waals surface area (Å²) in [6.45, 7) is 4.96. The van der Waals surface area contributed by atoms with Crippen LogP contribution in [0.25, 0.3) is 10.8 Å². The van der Waals surface area contributed by atoms with E-state index >= 15 is 0 Å². The Kier molecular flexibility index (Phi) is 4.94. The van der Waals surface area contributed by atoms with Crippen molar-refractivity contribution in [1.82, 2.24) is 10.3 Å². The van der Waals surface area contributed by atoms with Crippen molar-refractivity contribution < 1.29 is 0 Å². The van der Waals surface area contributed by atoms with Gasteiger partial charge in [0.1, 0.15) is 0 Å². The lowest BCUT2D eigenvalue weighted by Gasteiger charge is -2.18. The van der Waals surface area contributed by atoms with Crippen LogP contribution in [0.15, 0.2) is 36.5 Å². The Labute approximate surface area is 115 Å². The van der Waals surface area contributed by atoms with Gasteiger partial charge in [-0.25, -0.2) is 0 Å². The monoisotopic (exact) mass is 252 g/mol. The highest BCUT2D eigenvalue weighted by Gasteiger charge is 2.13. The highest BCUT2D eigenvalue weighted by Crippen LogP contribution is 2.24. The Morgan fingerprint density at radius 2 is 2.11 bits per heavy atom. The number of nitrogens with one attached hydrogen (secondary N) is 1. The maximum Gasteiger partial charge on any atom is 0.0651 e. The average molecular weight is 252 g/mol. The Hall–Kier alpha value is -1.85. The summed E-state index contributed by atoms with van der Waals surface area (Å²) < 4.78 is 0. The van der Waals surface area contributed by atoms with Gasteiger partial charge in [0.05, 0.1) is 11.7 Å². The predicted molar refractivity (Wildman–Crippen MR) is 80.8 cm³/mol. The molecule has 0 aliphatic heterocycles. The van der Waals surface area contributed by atoms with Crippen molar-refractivity contribution in [3.05, 3.63) is 42.2 Å². The largest absolute Gasteiger partial charge is 0.309 e. The molecule has 2 heteroatoms. The fourth-order valence-electron chi connectivity index (χ4n) is 2.34. The van der Waals surface area contributed by atoms with Gasteiger partial charge in [0.2, 0.25) is 0 Å². The lowest BCUT2D eigenvalue weighted by atomic mass is 10.0. The van der Waals surface area contributed by atoms with E-state index in [2.05, 4.69) is 59.4 Å². The SMILES string of the molecule is CC#CCCC(NCC)c1nccc2ccccc12. The predicted octanol–water partition coefficient (Wildman–Crippen LogP) is 3.69. The molecule has 0 aliphatic rings. The van der Waals surface area contributed by atoms with Gasteiger partial charge in [-0.2, -0.15) is 0 Å². The fraction of sp³-hybridized carbons (Fsp3) is 0.353. The highest BCUT2D eigenvalue weighted by atomic mass is 14.9. The zero-order valence-corrected chi connectivity index (χ0v) is 11.6. The molecule has 1 aromatic carbocycles. The minimum Gasteiger partial charge on any atom is -0.309 e. The van der Waals surface area contributed by atoms with Crippen LogP contribution >= 0.6 is 0 Å². The molecule has 2 rings (SSSR count). The number of hydrogen-bond donors (Lipinski definition) is 1. The highest BCUT2D eigenvalue weighted by molar-refractivity contribution is 5.84. The van der Waals surface area contributed by atoms with E-state index in [1.807, 2.05) is 13.1 Å². The minimum atomic E-state index is 0.275. The second kappa shape index (κ2) is 6.92. The van der Waals surface area contributed by atoms with Crippen LogP contribution in [-0.4, -0.2) is 11.5 Å². The summed E-state index contributed by atoms with van der Waals surface area (Å²) >= 11 is 0. The lowest BCUT2D eigenvalue weighted by molar-refractivity contribution is 0.514. The molecule has 0 aliphatic carbocycles. The molecular weight excluding hydrogens is 232 g/mol. The summed E-state index contributed by atoms with van der Waals surface area (Å²) in [5, 5.41) is 6.00. The van der Waals surface area contributed by atoms with Crippen molar-refractivity contribution >= 4 is 10.8 Å². The smallest absolute Gasteiger partial charge is 0.0651 e. The van der Waals surface area contributed by atoms with E-state index in [9.17, 15) is 0 Å².